The van der Waals surface area contributed by atoms with Crippen LogP contribution in [-0.4, -0.2) is 46.0 Å². The second-order valence-corrected chi connectivity index (χ2v) is 14.7. The van der Waals surface area contributed by atoms with Gasteiger partial charge in [-0.2, -0.15) is 4.98 Å². The lowest BCUT2D eigenvalue weighted by atomic mass is 10.2. The molecule has 50 heavy (non-hydrogen) atoms. The highest BCUT2D eigenvalue weighted by molar-refractivity contribution is 8.00. The van der Waals surface area contributed by atoms with E-state index in [4.69, 9.17) is 19.5 Å². The Kier molecular flexibility index (Phi) is 19.3. The van der Waals surface area contributed by atoms with Crippen LogP contribution in [0.2, 0.25) is 0 Å². The molecule has 1 aliphatic heterocycles. The maximum absolute atomic E-state index is 13.7. The number of unbranched alkanes of at least 4 members (excludes halogenated alkanes) is 1. The van der Waals surface area contributed by atoms with Gasteiger partial charge >= 0.3 is 13.3 Å². The summed E-state index contributed by atoms with van der Waals surface area (Å²) in [5.41, 5.74) is 4.53. The largest absolute Gasteiger partial charge is 0.424 e. The van der Waals surface area contributed by atoms with Crippen molar-refractivity contribution in [3.05, 3.63) is 114 Å². The van der Waals surface area contributed by atoms with Gasteiger partial charge in [0, 0.05) is 24.9 Å². The number of hydrogen-bond acceptors (Lipinski definition) is 9. The van der Waals surface area contributed by atoms with Crippen LogP contribution in [0.15, 0.2) is 102 Å². The van der Waals surface area contributed by atoms with Crippen LogP contribution in [0.5, 0.6) is 5.75 Å². The summed E-state index contributed by atoms with van der Waals surface area (Å²) in [4.78, 5) is 28.3. The number of ether oxygens (including phenoxy) is 1. The molecule has 2 unspecified atom stereocenters. The van der Waals surface area contributed by atoms with Crippen molar-refractivity contribution in [2.45, 2.75) is 76.4 Å². The Bertz CT molecular complexity index is 1560. The van der Waals surface area contributed by atoms with Crippen molar-refractivity contribution < 1.29 is 27.5 Å². The number of allylic oxidation sites excluding steroid dienone is 10. The number of nitrogen functional groups attached to an aromatic ring is 1. The number of halogens is 1. The van der Waals surface area contributed by atoms with Crippen molar-refractivity contribution in [1.82, 2.24) is 14.9 Å². The molecule has 0 aliphatic carbocycles. The lowest BCUT2D eigenvalue weighted by molar-refractivity contribution is -0.121. The number of carbonyl (C=O) groups excluding carboxylic acids is 1. The number of anilines is 1. The maximum Gasteiger partial charge on any atom is 0.379 e. The fourth-order valence-electron chi connectivity index (χ4n) is 4.63. The predicted octanol–water partition coefficient (Wildman–Crippen LogP) is 8.27. The summed E-state index contributed by atoms with van der Waals surface area (Å²) in [6, 6.07) is 6.68. The Hall–Kier alpha value is -3.70. The van der Waals surface area contributed by atoms with Gasteiger partial charge in [0.05, 0.1) is 12.8 Å². The average Bonchev–Trinajstić information content (AvgIpc) is 3.57. The predicted molar refractivity (Wildman–Crippen MR) is 201 cm³/mol. The van der Waals surface area contributed by atoms with E-state index in [1.807, 2.05) is 0 Å². The first-order chi connectivity index (χ1) is 24.3. The summed E-state index contributed by atoms with van der Waals surface area (Å²) in [6.45, 7) is 2.36. The number of benzene rings is 1. The third kappa shape index (κ3) is 16.8. The van der Waals surface area contributed by atoms with Crippen LogP contribution < -0.4 is 21.3 Å². The molecule has 0 radical (unpaired) electrons. The van der Waals surface area contributed by atoms with E-state index < -0.39 is 30.8 Å². The molecule has 10 nitrogen and oxygen atoms in total. The summed E-state index contributed by atoms with van der Waals surface area (Å²) in [5.74, 6) is 0.239. The Morgan fingerprint density at radius 2 is 1.66 bits per heavy atom. The maximum atomic E-state index is 13.7. The van der Waals surface area contributed by atoms with E-state index in [0.717, 1.165) is 44.9 Å². The molecule has 0 spiro atoms. The zero-order chi connectivity index (χ0) is 35.9. The molecule has 1 aromatic heterocycles. The number of nitrogens with two attached hydrogens (primary N) is 1. The van der Waals surface area contributed by atoms with Crippen molar-refractivity contribution in [3.63, 3.8) is 0 Å². The Morgan fingerprint density at radius 3 is 2.30 bits per heavy atom. The van der Waals surface area contributed by atoms with Gasteiger partial charge in [0.1, 0.15) is 29.0 Å². The van der Waals surface area contributed by atoms with Gasteiger partial charge in [-0.25, -0.2) is 13.8 Å². The lowest BCUT2D eigenvalue weighted by Crippen LogP contribution is -2.28. The van der Waals surface area contributed by atoms with Crippen molar-refractivity contribution in [1.29, 1.82) is 0 Å². The monoisotopic (exact) mass is 728 g/mol. The van der Waals surface area contributed by atoms with Gasteiger partial charge in [-0.1, -0.05) is 67.7 Å². The molecule has 1 aromatic carbocycles. The van der Waals surface area contributed by atoms with Crippen LogP contribution in [0.4, 0.5) is 10.2 Å². The normalized spacial score (nSPS) is 17.9. The Morgan fingerprint density at radius 1 is 1.02 bits per heavy atom. The molecular formula is C37H50FN4O6PS. The third-order valence-electron chi connectivity index (χ3n) is 7.22. The molecule has 1 saturated heterocycles. The van der Waals surface area contributed by atoms with Crippen molar-refractivity contribution in [2.75, 3.05) is 30.8 Å². The fraction of sp³-hybridized carbons (Fsp3) is 0.432. The number of nitrogens with zero attached hydrogens (tertiary/aromatic N) is 2. The standard InChI is InChI=1S/C37H50FN4O6PS/c1-2-3-4-5-6-7-8-9-10-11-12-13-14-15-16-17-18-20-34(43)40-26-19-28-49(45,48-32-23-21-31(38)22-24-32)46-29-36-47-35(30-50-36)42-27-25-33(39)41-37(42)44/h3-4,6-7,9-10,12-13,15-16,21-25,27,35-36H,2,5,8,11,14,17-20,26,28-30H2,1H3,(H,40,43)(H2,39,41,44)/b4-3-,7-6-,10-9-,13-12-,16-15-/t35?,36-,49?/m1/s1. The average molecular weight is 729 g/mol. The van der Waals surface area contributed by atoms with Crippen molar-refractivity contribution in [2.24, 2.45) is 0 Å². The number of nitrogens with one attached hydrogen (secondary N) is 1. The molecule has 3 atom stereocenters. The number of rotatable bonds is 23. The summed E-state index contributed by atoms with van der Waals surface area (Å²) in [6.07, 6.45) is 29.6. The second-order valence-electron chi connectivity index (χ2n) is 11.4. The number of hydrogen-bond donors (Lipinski definition) is 2. The first kappa shape index (κ1) is 40.7. The quantitative estimate of drug-likeness (QED) is 0.0659. The van der Waals surface area contributed by atoms with Gasteiger partial charge in [0.25, 0.3) is 0 Å². The van der Waals surface area contributed by atoms with E-state index in [2.05, 4.69) is 78.0 Å². The number of amides is 1. The first-order valence-corrected chi connectivity index (χ1v) is 19.9. The van der Waals surface area contributed by atoms with E-state index in [-0.39, 0.29) is 30.2 Å². The van der Waals surface area contributed by atoms with Crippen LogP contribution in [0, 0.1) is 5.82 Å². The highest BCUT2D eigenvalue weighted by atomic mass is 32.2. The second kappa shape index (κ2) is 23.7. The molecule has 3 rings (SSSR count). The SMILES string of the molecule is CC/C=C\C/C=C\C/C=C\C/C=C\C/C=C\CCCC(=O)NCCCP(=O)(OC[C@@H]1OC(n2ccc(N)nc2=O)CS1)Oc1ccc(F)cc1. The van der Waals surface area contributed by atoms with E-state index in [1.165, 1.54) is 52.9 Å². The molecule has 1 amide bonds. The van der Waals surface area contributed by atoms with E-state index in [9.17, 15) is 18.5 Å². The first-order valence-electron chi connectivity index (χ1n) is 17.1. The van der Waals surface area contributed by atoms with Gasteiger partial charge in [0.2, 0.25) is 5.91 Å². The minimum absolute atomic E-state index is 0.0207. The molecule has 0 bridgehead atoms. The smallest absolute Gasteiger partial charge is 0.379 e. The van der Waals surface area contributed by atoms with E-state index in [1.54, 1.807) is 0 Å². The summed E-state index contributed by atoms with van der Waals surface area (Å²) in [7, 11) is -3.72. The number of carbonyl (C=O) groups is 1. The molecule has 272 valence electrons. The number of aromatic nitrogens is 2. The van der Waals surface area contributed by atoms with Gasteiger partial charge in [0.15, 0.2) is 0 Å². The van der Waals surface area contributed by atoms with Crippen molar-refractivity contribution >= 4 is 31.1 Å². The molecule has 2 heterocycles. The zero-order valence-corrected chi connectivity index (χ0v) is 30.5. The molecule has 1 fully saturated rings. The van der Waals surface area contributed by atoms with Crippen LogP contribution >= 0.6 is 19.4 Å². The molecule has 2 aromatic rings. The van der Waals surface area contributed by atoms with Crippen LogP contribution in [-0.2, 0) is 18.6 Å². The Balaban J connectivity index is 1.32. The summed E-state index contributed by atoms with van der Waals surface area (Å²) < 4.78 is 46.0. The topological polar surface area (TPSA) is 135 Å². The van der Waals surface area contributed by atoms with Crippen LogP contribution in [0.3, 0.4) is 0 Å². The molecule has 13 heteroatoms. The van der Waals surface area contributed by atoms with Crippen molar-refractivity contribution in [3.8, 4) is 5.75 Å². The molecular weight excluding hydrogens is 678 g/mol. The number of thioether (sulfide) groups is 1. The highest BCUT2D eigenvalue weighted by Gasteiger charge is 2.33. The summed E-state index contributed by atoms with van der Waals surface area (Å²) in [5, 5.41) is 2.87. The van der Waals surface area contributed by atoms with Gasteiger partial charge < -0.3 is 20.3 Å². The van der Waals surface area contributed by atoms with Crippen LogP contribution in [0.25, 0.3) is 0 Å². The summed E-state index contributed by atoms with van der Waals surface area (Å²) >= 11 is 1.40. The van der Waals surface area contributed by atoms with E-state index >= 15 is 0 Å². The minimum Gasteiger partial charge on any atom is -0.424 e. The highest BCUT2D eigenvalue weighted by Crippen LogP contribution is 2.50. The Labute approximate surface area is 299 Å². The molecule has 3 N–H and O–H groups in total. The fourth-order valence-corrected chi connectivity index (χ4v) is 7.34. The van der Waals surface area contributed by atoms with Crippen LogP contribution in [0.1, 0.15) is 70.9 Å². The minimum atomic E-state index is -3.72. The van der Waals surface area contributed by atoms with Gasteiger partial charge in [-0.05, 0) is 81.7 Å². The van der Waals surface area contributed by atoms with Gasteiger partial charge in [-0.3, -0.25) is 13.9 Å². The van der Waals surface area contributed by atoms with Gasteiger partial charge in [-0.15, -0.1) is 11.8 Å². The molecule has 0 saturated carbocycles. The molecule has 1 aliphatic rings. The zero-order valence-electron chi connectivity index (χ0n) is 28.7. The third-order valence-corrected chi connectivity index (χ3v) is 10.2. The lowest BCUT2D eigenvalue weighted by Gasteiger charge is -2.21. The van der Waals surface area contributed by atoms with E-state index in [0.29, 0.717) is 25.1 Å².